The lowest BCUT2D eigenvalue weighted by molar-refractivity contribution is 0.0670. The normalized spacial score (nSPS) is 17.5. The number of piperazine rings is 1. The Bertz CT molecular complexity index is 556. The molecule has 6 heteroatoms. The monoisotopic (exact) mass is 334 g/mol. The summed E-state index contributed by atoms with van der Waals surface area (Å²) in [6.45, 7) is 8.92. The van der Waals surface area contributed by atoms with Crippen molar-refractivity contribution in [3.63, 3.8) is 0 Å². The van der Waals surface area contributed by atoms with Gasteiger partial charge in [0.1, 0.15) is 0 Å². The summed E-state index contributed by atoms with van der Waals surface area (Å²) < 4.78 is 0. The molecule has 0 aromatic heterocycles. The molecule has 1 saturated heterocycles. The van der Waals surface area contributed by atoms with Gasteiger partial charge in [-0.25, -0.2) is 4.79 Å². The van der Waals surface area contributed by atoms with Crippen LogP contribution in [-0.2, 0) is 0 Å². The van der Waals surface area contributed by atoms with E-state index in [4.69, 9.17) is 0 Å². The average Bonchev–Trinajstić information content (AvgIpc) is 2.54. The molecule has 24 heavy (non-hydrogen) atoms. The summed E-state index contributed by atoms with van der Waals surface area (Å²) in [5, 5.41) is 13.2. The number of carbonyl (C=O) groups is 1. The molecule has 134 valence electrons. The molecule has 2 rings (SSSR count). The van der Waals surface area contributed by atoms with Crippen molar-refractivity contribution in [2.75, 3.05) is 58.7 Å². The van der Waals surface area contributed by atoms with Crippen molar-refractivity contribution in [3.8, 4) is 0 Å². The number of aryl methyl sites for hydroxylation is 1. The molecule has 1 unspecified atom stereocenters. The van der Waals surface area contributed by atoms with Gasteiger partial charge in [-0.05, 0) is 38.1 Å². The Morgan fingerprint density at radius 3 is 2.62 bits per heavy atom. The number of anilines is 1. The Morgan fingerprint density at radius 1 is 1.29 bits per heavy atom. The molecule has 1 aliphatic rings. The molecule has 1 aromatic rings. The van der Waals surface area contributed by atoms with Gasteiger partial charge in [0.05, 0.1) is 6.10 Å². The fourth-order valence-electron chi connectivity index (χ4n) is 2.88. The number of nitrogens with zero attached hydrogens (tertiary/aromatic N) is 3. The predicted molar refractivity (Wildman–Crippen MR) is 97.5 cm³/mol. The maximum atomic E-state index is 12.3. The second kappa shape index (κ2) is 8.46. The first-order valence-electron chi connectivity index (χ1n) is 8.54. The van der Waals surface area contributed by atoms with E-state index in [0.717, 1.165) is 43.0 Å². The van der Waals surface area contributed by atoms with Gasteiger partial charge in [-0.2, -0.15) is 0 Å². The van der Waals surface area contributed by atoms with E-state index in [1.54, 1.807) is 11.9 Å². The highest BCUT2D eigenvalue weighted by molar-refractivity contribution is 5.90. The van der Waals surface area contributed by atoms with Crippen molar-refractivity contribution < 1.29 is 9.90 Å². The number of amides is 2. The Kier molecular flexibility index (Phi) is 6.60. The highest BCUT2D eigenvalue weighted by Crippen LogP contribution is 2.18. The van der Waals surface area contributed by atoms with Crippen LogP contribution in [0.3, 0.4) is 0 Å². The number of β-amino-alcohol motifs (C(OH)–C–C–N with tert-alkyl or cyclic N) is 1. The fraction of sp³-hybridized carbons (Fsp3) is 0.611. The Balaban J connectivity index is 1.81. The van der Waals surface area contributed by atoms with E-state index in [1.165, 1.54) is 0 Å². The van der Waals surface area contributed by atoms with Crippen molar-refractivity contribution in [1.82, 2.24) is 14.7 Å². The zero-order valence-electron chi connectivity index (χ0n) is 15.2. The quantitative estimate of drug-likeness (QED) is 0.854. The third-order valence-electron chi connectivity index (χ3n) is 4.74. The number of aliphatic hydroxyl groups is 1. The summed E-state index contributed by atoms with van der Waals surface area (Å²) >= 11 is 0. The molecule has 1 fully saturated rings. The van der Waals surface area contributed by atoms with Crippen LogP contribution in [0.2, 0.25) is 0 Å². The highest BCUT2D eigenvalue weighted by Gasteiger charge is 2.20. The smallest absolute Gasteiger partial charge is 0.321 e. The topological polar surface area (TPSA) is 59.1 Å². The molecule has 1 aromatic carbocycles. The van der Waals surface area contributed by atoms with Crippen LogP contribution < -0.4 is 5.32 Å². The summed E-state index contributed by atoms with van der Waals surface area (Å²) in [5.74, 6) is 0. The third-order valence-corrected chi connectivity index (χ3v) is 4.74. The van der Waals surface area contributed by atoms with E-state index >= 15 is 0 Å². The zero-order valence-corrected chi connectivity index (χ0v) is 15.2. The summed E-state index contributed by atoms with van der Waals surface area (Å²) in [6, 6.07) is 5.66. The van der Waals surface area contributed by atoms with Crippen LogP contribution in [0.25, 0.3) is 0 Å². The van der Waals surface area contributed by atoms with Gasteiger partial charge < -0.3 is 20.2 Å². The van der Waals surface area contributed by atoms with Crippen molar-refractivity contribution in [2.45, 2.75) is 20.0 Å². The van der Waals surface area contributed by atoms with Gasteiger partial charge in [0.2, 0.25) is 0 Å². The van der Waals surface area contributed by atoms with E-state index in [9.17, 15) is 9.90 Å². The van der Waals surface area contributed by atoms with Gasteiger partial charge in [-0.1, -0.05) is 12.1 Å². The summed E-state index contributed by atoms with van der Waals surface area (Å²) in [6.07, 6.45) is -0.539. The first kappa shape index (κ1) is 18.7. The van der Waals surface area contributed by atoms with E-state index in [-0.39, 0.29) is 6.03 Å². The largest absolute Gasteiger partial charge is 0.390 e. The average molecular weight is 334 g/mol. The molecule has 2 amide bonds. The number of rotatable bonds is 5. The lowest BCUT2D eigenvalue weighted by Gasteiger charge is -2.34. The van der Waals surface area contributed by atoms with Crippen molar-refractivity contribution >= 4 is 11.7 Å². The van der Waals surface area contributed by atoms with Crippen molar-refractivity contribution in [1.29, 1.82) is 0 Å². The molecule has 1 heterocycles. The first-order valence-corrected chi connectivity index (χ1v) is 8.54. The summed E-state index contributed by atoms with van der Waals surface area (Å²) in [5.41, 5.74) is 3.03. The van der Waals surface area contributed by atoms with Gasteiger partial charge in [0.15, 0.2) is 0 Å². The van der Waals surface area contributed by atoms with E-state index < -0.39 is 6.10 Å². The lowest BCUT2D eigenvalue weighted by Crippen LogP contribution is -2.49. The van der Waals surface area contributed by atoms with E-state index in [0.29, 0.717) is 13.1 Å². The lowest BCUT2D eigenvalue weighted by atomic mass is 10.1. The zero-order chi connectivity index (χ0) is 17.7. The van der Waals surface area contributed by atoms with E-state index in [2.05, 4.69) is 22.2 Å². The minimum atomic E-state index is -0.539. The fourth-order valence-corrected chi connectivity index (χ4v) is 2.88. The number of benzene rings is 1. The standard InChI is InChI=1S/C18H30N4O2/c1-14-6-5-7-17(15(14)2)19-18(24)21(4)12-16(23)13-22-10-8-20(3)9-11-22/h5-7,16,23H,8-13H2,1-4H3,(H,19,24). The van der Waals surface area contributed by atoms with Crippen LogP contribution in [0.4, 0.5) is 10.5 Å². The van der Waals surface area contributed by atoms with Gasteiger partial charge in [0.25, 0.3) is 0 Å². The molecule has 1 atom stereocenters. The second-order valence-electron chi connectivity index (χ2n) is 6.82. The predicted octanol–water partition coefficient (Wildman–Crippen LogP) is 1.38. The minimum Gasteiger partial charge on any atom is -0.390 e. The number of hydrogen-bond acceptors (Lipinski definition) is 4. The van der Waals surface area contributed by atoms with Crippen LogP contribution >= 0.6 is 0 Å². The molecule has 2 N–H and O–H groups in total. The minimum absolute atomic E-state index is 0.193. The molecule has 0 spiro atoms. The summed E-state index contributed by atoms with van der Waals surface area (Å²) in [4.78, 5) is 18.4. The van der Waals surface area contributed by atoms with Gasteiger partial charge in [-0.15, -0.1) is 0 Å². The maximum Gasteiger partial charge on any atom is 0.321 e. The van der Waals surface area contributed by atoms with Crippen LogP contribution in [0.1, 0.15) is 11.1 Å². The SMILES string of the molecule is Cc1cccc(NC(=O)N(C)CC(O)CN2CCN(C)CC2)c1C. The molecule has 0 radical (unpaired) electrons. The number of aliphatic hydroxyl groups excluding tert-OH is 1. The van der Waals surface area contributed by atoms with Crippen LogP contribution in [0.5, 0.6) is 0 Å². The van der Waals surface area contributed by atoms with Crippen molar-refractivity contribution in [3.05, 3.63) is 29.3 Å². The third kappa shape index (κ3) is 5.19. The van der Waals surface area contributed by atoms with Crippen LogP contribution in [-0.4, -0.2) is 85.3 Å². The van der Waals surface area contributed by atoms with Gasteiger partial charge in [0, 0.05) is 52.0 Å². The Hall–Kier alpha value is -1.63. The molecule has 6 nitrogen and oxygen atoms in total. The maximum absolute atomic E-state index is 12.3. The molecular weight excluding hydrogens is 304 g/mol. The molecule has 0 aliphatic carbocycles. The van der Waals surface area contributed by atoms with Crippen molar-refractivity contribution in [2.24, 2.45) is 0 Å². The number of nitrogens with one attached hydrogen (secondary N) is 1. The second-order valence-corrected chi connectivity index (χ2v) is 6.82. The number of hydrogen-bond donors (Lipinski definition) is 2. The molecule has 0 bridgehead atoms. The number of likely N-dealkylation sites (N-methyl/N-ethyl adjacent to an activating group) is 2. The van der Waals surface area contributed by atoms with Gasteiger partial charge >= 0.3 is 6.03 Å². The number of carbonyl (C=O) groups excluding carboxylic acids is 1. The van der Waals surface area contributed by atoms with Crippen LogP contribution in [0, 0.1) is 13.8 Å². The first-order chi connectivity index (χ1) is 11.4. The Morgan fingerprint density at radius 2 is 1.96 bits per heavy atom. The van der Waals surface area contributed by atoms with E-state index in [1.807, 2.05) is 32.0 Å². The highest BCUT2D eigenvalue weighted by atomic mass is 16.3. The van der Waals surface area contributed by atoms with Crippen LogP contribution in [0.15, 0.2) is 18.2 Å². The molecular formula is C18H30N4O2. The molecule has 1 aliphatic heterocycles. The Labute approximate surface area is 145 Å². The molecule has 0 saturated carbocycles. The number of urea groups is 1. The summed E-state index contributed by atoms with van der Waals surface area (Å²) in [7, 11) is 3.83. The van der Waals surface area contributed by atoms with Gasteiger partial charge in [-0.3, -0.25) is 4.90 Å².